The van der Waals surface area contributed by atoms with Crippen LogP contribution in [0, 0.1) is 0 Å². The predicted octanol–water partition coefficient (Wildman–Crippen LogP) is 3.47. The van der Waals surface area contributed by atoms with Gasteiger partial charge in [0.05, 0.1) is 35.3 Å². The molecule has 1 saturated heterocycles. The number of hydrogen-bond acceptors (Lipinski definition) is 6. The minimum absolute atomic E-state index is 0.0835. The molecule has 0 saturated carbocycles. The second kappa shape index (κ2) is 9.29. The van der Waals surface area contributed by atoms with E-state index >= 15 is 0 Å². The number of likely N-dealkylation sites (N-methyl/N-ethyl adjacent to an activating group) is 1. The van der Waals surface area contributed by atoms with Gasteiger partial charge in [-0.05, 0) is 69.9 Å². The molecule has 4 aromatic rings. The molecule has 0 unspecified atom stereocenters. The van der Waals surface area contributed by atoms with Gasteiger partial charge in [0.1, 0.15) is 11.6 Å². The third-order valence-corrected chi connectivity index (χ3v) is 6.27. The lowest BCUT2D eigenvalue weighted by atomic mass is 10.1. The Morgan fingerprint density at radius 2 is 1.85 bits per heavy atom. The zero-order valence-electron chi connectivity index (χ0n) is 19.2. The third-order valence-electron chi connectivity index (χ3n) is 6.27. The van der Waals surface area contributed by atoms with Crippen LogP contribution in [0.5, 0.6) is 5.75 Å². The van der Waals surface area contributed by atoms with E-state index in [2.05, 4.69) is 21.8 Å². The quantitative estimate of drug-likeness (QED) is 0.440. The maximum atomic E-state index is 13.9. The minimum Gasteiger partial charge on any atom is -0.492 e. The van der Waals surface area contributed by atoms with Crippen LogP contribution in [-0.2, 0) is 6.54 Å². The molecule has 5 rings (SSSR count). The highest BCUT2D eigenvalue weighted by Crippen LogP contribution is 2.26. The number of para-hydroxylation sites is 2. The van der Waals surface area contributed by atoms with Crippen molar-refractivity contribution in [2.75, 3.05) is 39.8 Å². The van der Waals surface area contributed by atoms with Gasteiger partial charge >= 0.3 is 0 Å². The Morgan fingerprint density at radius 3 is 2.73 bits per heavy atom. The number of nitrogens with zero attached hydrogens (tertiary/aromatic N) is 5. The molecule has 0 radical (unpaired) electrons. The van der Waals surface area contributed by atoms with Crippen LogP contribution in [0.3, 0.4) is 0 Å². The standard InChI is InChI=1S/C26H29N5O2/c1-3-33-23-10-5-4-9-22(23)31-24(18-30-15-7-14-29(2)16-17-30)28-25-19-8-6-13-27-21(19)12-11-20(25)26(31)32/h4-6,8-13H,3,7,14-18H2,1-2H3. The fourth-order valence-electron chi connectivity index (χ4n) is 4.58. The molecule has 2 aromatic heterocycles. The Labute approximate surface area is 193 Å². The van der Waals surface area contributed by atoms with Crippen molar-refractivity contribution in [1.29, 1.82) is 0 Å². The van der Waals surface area contributed by atoms with Crippen molar-refractivity contribution in [3.63, 3.8) is 0 Å². The molecule has 0 aliphatic carbocycles. The summed E-state index contributed by atoms with van der Waals surface area (Å²) in [6.07, 6.45) is 2.86. The van der Waals surface area contributed by atoms with Gasteiger partial charge in [-0.15, -0.1) is 0 Å². The van der Waals surface area contributed by atoms with Crippen molar-refractivity contribution in [1.82, 2.24) is 24.3 Å². The van der Waals surface area contributed by atoms with Gasteiger partial charge in [-0.25, -0.2) is 4.98 Å². The van der Waals surface area contributed by atoms with Gasteiger partial charge in [-0.2, -0.15) is 0 Å². The summed E-state index contributed by atoms with van der Waals surface area (Å²) in [5.41, 5.74) is 2.19. The molecule has 33 heavy (non-hydrogen) atoms. The topological polar surface area (TPSA) is 63.5 Å². The molecule has 1 aliphatic rings. The molecule has 7 heteroatoms. The van der Waals surface area contributed by atoms with E-state index < -0.39 is 0 Å². The number of fused-ring (bicyclic) bond motifs is 3. The molecule has 2 aromatic carbocycles. The molecule has 170 valence electrons. The molecule has 0 amide bonds. The molecule has 3 heterocycles. The summed E-state index contributed by atoms with van der Waals surface area (Å²) in [6.45, 7) is 7.06. The van der Waals surface area contributed by atoms with Crippen molar-refractivity contribution in [2.24, 2.45) is 0 Å². The van der Waals surface area contributed by atoms with E-state index in [1.165, 1.54) is 0 Å². The molecule has 7 nitrogen and oxygen atoms in total. The molecular formula is C26H29N5O2. The number of benzene rings is 2. The Hall–Kier alpha value is -3.29. The van der Waals surface area contributed by atoms with Gasteiger partial charge in [0.15, 0.2) is 0 Å². The van der Waals surface area contributed by atoms with Gasteiger partial charge in [-0.1, -0.05) is 12.1 Å². The van der Waals surface area contributed by atoms with Gasteiger partial charge < -0.3 is 9.64 Å². The summed E-state index contributed by atoms with van der Waals surface area (Å²) in [7, 11) is 2.16. The van der Waals surface area contributed by atoms with Crippen LogP contribution in [0.2, 0.25) is 0 Å². The first-order valence-corrected chi connectivity index (χ1v) is 11.6. The highest BCUT2D eigenvalue weighted by molar-refractivity contribution is 6.03. The van der Waals surface area contributed by atoms with E-state index in [1.54, 1.807) is 10.8 Å². The summed E-state index contributed by atoms with van der Waals surface area (Å²) >= 11 is 0. The van der Waals surface area contributed by atoms with E-state index in [4.69, 9.17) is 9.72 Å². The minimum atomic E-state index is -0.0835. The van der Waals surface area contributed by atoms with Crippen LogP contribution >= 0.6 is 0 Å². The first kappa shape index (κ1) is 21.6. The highest BCUT2D eigenvalue weighted by atomic mass is 16.5. The first-order valence-electron chi connectivity index (χ1n) is 11.6. The van der Waals surface area contributed by atoms with Crippen molar-refractivity contribution in [2.45, 2.75) is 19.9 Å². The average Bonchev–Trinajstić information content (AvgIpc) is 3.04. The maximum Gasteiger partial charge on any atom is 0.266 e. The van der Waals surface area contributed by atoms with E-state index in [0.717, 1.165) is 55.0 Å². The number of hydrogen-bond donors (Lipinski definition) is 0. The Morgan fingerprint density at radius 1 is 0.970 bits per heavy atom. The van der Waals surface area contributed by atoms with E-state index in [1.807, 2.05) is 55.5 Å². The van der Waals surface area contributed by atoms with Gasteiger partial charge in [0, 0.05) is 24.7 Å². The van der Waals surface area contributed by atoms with Crippen LogP contribution in [0.4, 0.5) is 0 Å². The second-order valence-electron chi connectivity index (χ2n) is 8.53. The normalized spacial score (nSPS) is 15.7. The molecule has 0 N–H and O–H groups in total. The van der Waals surface area contributed by atoms with Crippen LogP contribution < -0.4 is 10.3 Å². The first-order chi connectivity index (χ1) is 16.2. The van der Waals surface area contributed by atoms with Crippen LogP contribution in [0.1, 0.15) is 19.2 Å². The van der Waals surface area contributed by atoms with Crippen molar-refractivity contribution in [3.8, 4) is 11.4 Å². The van der Waals surface area contributed by atoms with Crippen molar-refractivity contribution in [3.05, 3.63) is 70.9 Å². The summed E-state index contributed by atoms with van der Waals surface area (Å²) in [5.74, 6) is 1.41. The largest absolute Gasteiger partial charge is 0.492 e. The second-order valence-corrected chi connectivity index (χ2v) is 8.53. The summed E-state index contributed by atoms with van der Waals surface area (Å²) < 4.78 is 7.63. The lowest BCUT2D eigenvalue weighted by molar-refractivity contribution is 0.261. The monoisotopic (exact) mass is 443 g/mol. The maximum absolute atomic E-state index is 13.9. The Balaban J connectivity index is 1.73. The number of aromatic nitrogens is 3. The Kier molecular flexibility index (Phi) is 6.07. The SMILES string of the molecule is CCOc1ccccc1-n1c(CN2CCCN(C)CC2)nc2c(ccc3ncccc32)c1=O. The molecule has 0 atom stereocenters. The fraction of sp³-hybridized carbons (Fsp3) is 0.346. The summed E-state index contributed by atoms with van der Waals surface area (Å²) in [4.78, 5) is 28.2. The molecule has 0 bridgehead atoms. The van der Waals surface area contributed by atoms with Crippen molar-refractivity contribution < 1.29 is 4.74 Å². The molecular weight excluding hydrogens is 414 g/mol. The highest BCUT2D eigenvalue weighted by Gasteiger charge is 2.20. The zero-order chi connectivity index (χ0) is 22.8. The molecule has 0 spiro atoms. The number of ether oxygens (including phenoxy) is 1. The zero-order valence-corrected chi connectivity index (χ0v) is 19.2. The molecule has 1 aliphatic heterocycles. The van der Waals surface area contributed by atoms with Gasteiger partial charge in [-0.3, -0.25) is 19.2 Å². The summed E-state index contributed by atoms with van der Waals surface area (Å²) in [5, 5.41) is 1.48. The van der Waals surface area contributed by atoms with Crippen molar-refractivity contribution >= 4 is 21.8 Å². The summed E-state index contributed by atoms with van der Waals surface area (Å²) in [6, 6.07) is 15.3. The number of rotatable bonds is 5. The fourth-order valence-corrected chi connectivity index (χ4v) is 4.58. The lowest BCUT2D eigenvalue weighted by Gasteiger charge is -2.23. The van der Waals surface area contributed by atoms with Crippen LogP contribution in [0.25, 0.3) is 27.5 Å². The van der Waals surface area contributed by atoms with Gasteiger partial charge in [0.25, 0.3) is 5.56 Å². The third kappa shape index (κ3) is 4.21. The predicted molar refractivity (Wildman–Crippen MR) is 131 cm³/mol. The van der Waals surface area contributed by atoms with Crippen LogP contribution in [-0.4, -0.2) is 64.2 Å². The molecule has 1 fully saturated rings. The van der Waals surface area contributed by atoms with E-state index in [9.17, 15) is 4.79 Å². The number of pyridine rings is 1. The van der Waals surface area contributed by atoms with Gasteiger partial charge in [0.2, 0.25) is 0 Å². The average molecular weight is 444 g/mol. The Bertz CT molecular complexity index is 1350. The lowest BCUT2D eigenvalue weighted by Crippen LogP contribution is -2.33. The smallest absolute Gasteiger partial charge is 0.266 e. The van der Waals surface area contributed by atoms with Crippen LogP contribution in [0.15, 0.2) is 59.5 Å². The van der Waals surface area contributed by atoms with E-state index in [0.29, 0.717) is 29.8 Å². The van der Waals surface area contributed by atoms with E-state index in [-0.39, 0.29) is 5.56 Å².